The van der Waals surface area contributed by atoms with Crippen LogP contribution in [0.4, 0.5) is 0 Å². The average molecular weight is 260 g/mol. The highest BCUT2D eigenvalue weighted by Gasteiger charge is 2.21. The molecule has 1 saturated heterocycles. The van der Waals surface area contributed by atoms with Crippen LogP contribution < -0.4 is 5.32 Å². The van der Waals surface area contributed by atoms with Crippen molar-refractivity contribution in [2.45, 2.75) is 39.2 Å². The van der Waals surface area contributed by atoms with E-state index in [4.69, 9.17) is 0 Å². The van der Waals surface area contributed by atoms with Gasteiger partial charge in [-0.25, -0.2) is 0 Å². The van der Waals surface area contributed by atoms with E-state index in [0.717, 1.165) is 39.1 Å². The van der Waals surface area contributed by atoms with Crippen molar-refractivity contribution in [1.82, 2.24) is 10.2 Å². The number of rotatable bonds is 2. The predicted molar refractivity (Wildman–Crippen MR) is 77.6 cm³/mol. The van der Waals surface area contributed by atoms with Gasteiger partial charge in [0.25, 0.3) is 0 Å². The molecule has 3 rings (SSSR count). The Bertz CT molecular complexity index is 464. The van der Waals surface area contributed by atoms with Crippen LogP contribution in [-0.2, 0) is 19.4 Å². The number of benzene rings is 1. The molecule has 2 aliphatic rings. The molecule has 0 unspecified atom stereocenters. The monoisotopic (exact) mass is 260 g/mol. The third-order valence-corrected chi connectivity index (χ3v) is 4.56. The van der Waals surface area contributed by atoms with Crippen molar-refractivity contribution >= 4 is 0 Å². The van der Waals surface area contributed by atoms with Crippen LogP contribution in [0.1, 0.15) is 35.1 Å². The third kappa shape index (κ3) is 2.63. The maximum atomic E-state index is 10.3. The molecule has 1 aliphatic carbocycles. The lowest BCUT2D eigenvalue weighted by Gasteiger charge is -2.30. The number of fused-ring (bicyclic) bond motifs is 1. The van der Waals surface area contributed by atoms with E-state index in [9.17, 15) is 5.11 Å². The highest BCUT2D eigenvalue weighted by atomic mass is 16.3. The van der Waals surface area contributed by atoms with Gasteiger partial charge in [-0.05, 0) is 55.4 Å². The Morgan fingerprint density at radius 1 is 1.16 bits per heavy atom. The summed E-state index contributed by atoms with van der Waals surface area (Å²) in [6.45, 7) is 7.35. The second-order valence-electron chi connectivity index (χ2n) is 5.88. The van der Waals surface area contributed by atoms with Gasteiger partial charge in [0.1, 0.15) is 5.75 Å². The minimum absolute atomic E-state index is 0.511. The van der Waals surface area contributed by atoms with Crippen LogP contribution in [-0.4, -0.2) is 36.2 Å². The van der Waals surface area contributed by atoms with E-state index in [1.165, 1.54) is 41.5 Å². The minimum Gasteiger partial charge on any atom is -0.508 e. The number of phenols is 1. The van der Waals surface area contributed by atoms with Gasteiger partial charge in [-0.1, -0.05) is 0 Å². The highest BCUT2D eigenvalue weighted by Crippen LogP contribution is 2.34. The summed E-state index contributed by atoms with van der Waals surface area (Å²) in [7, 11) is 0. The number of aromatic hydroxyl groups is 1. The van der Waals surface area contributed by atoms with Gasteiger partial charge >= 0.3 is 0 Å². The number of hydrogen-bond acceptors (Lipinski definition) is 3. The summed E-state index contributed by atoms with van der Waals surface area (Å²) in [5.41, 5.74) is 5.43. The van der Waals surface area contributed by atoms with Gasteiger partial charge in [0.05, 0.1) is 0 Å². The van der Waals surface area contributed by atoms with Crippen molar-refractivity contribution < 1.29 is 5.11 Å². The van der Waals surface area contributed by atoms with E-state index >= 15 is 0 Å². The van der Waals surface area contributed by atoms with E-state index in [1.54, 1.807) is 0 Å². The van der Waals surface area contributed by atoms with Crippen molar-refractivity contribution in [2.75, 3.05) is 26.2 Å². The first-order chi connectivity index (χ1) is 9.25. The van der Waals surface area contributed by atoms with Gasteiger partial charge in [-0.15, -0.1) is 0 Å². The minimum atomic E-state index is 0.511. The zero-order valence-electron chi connectivity index (χ0n) is 11.8. The second kappa shape index (κ2) is 5.51. The fourth-order valence-corrected chi connectivity index (χ4v) is 3.48. The van der Waals surface area contributed by atoms with Crippen LogP contribution in [0.3, 0.4) is 0 Å². The van der Waals surface area contributed by atoms with Gasteiger partial charge in [-0.3, -0.25) is 4.90 Å². The Balaban J connectivity index is 1.90. The molecular formula is C16H24N2O. The SMILES string of the molecule is Cc1cc(O)c(CN2CCNCC2)c2c1CCCC2. The maximum Gasteiger partial charge on any atom is 0.120 e. The topological polar surface area (TPSA) is 35.5 Å². The molecule has 3 nitrogen and oxygen atoms in total. The summed E-state index contributed by atoms with van der Waals surface area (Å²) in [4.78, 5) is 2.45. The first-order valence-electron chi connectivity index (χ1n) is 7.52. The van der Waals surface area contributed by atoms with Crippen LogP contribution in [0.15, 0.2) is 6.07 Å². The summed E-state index contributed by atoms with van der Waals surface area (Å²) in [6.07, 6.45) is 4.90. The molecule has 0 amide bonds. The molecule has 1 aromatic carbocycles. The Morgan fingerprint density at radius 3 is 2.58 bits per heavy atom. The number of piperazine rings is 1. The first kappa shape index (κ1) is 12.9. The van der Waals surface area contributed by atoms with Crippen molar-refractivity contribution in [1.29, 1.82) is 0 Å². The van der Waals surface area contributed by atoms with E-state index in [1.807, 2.05) is 6.07 Å². The van der Waals surface area contributed by atoms with Gasteiger partial charge in [0.2, 0.25) is 0 Å². The Labute approximate surface area is 115 Å². The number of phenolic OH excluding ortho intramolecular Hbond substituents is 1. The molecule has 3 heteroatoms. The quantitative estimate of drug-likeness (QED) is 0.853. The Kier molecular flexibility index (Phi) is 3.76. The van der Waals surface area contributed by atoms with E-state index < -0.39 is 0 Å². The van der Waals surface area contributed by atoms with Crippen LogP contribution >= 0.6 is 0 Å². The van der Waals surface area contributed by atoms with Crippen LogP contribution in [0.2, 0.25) is 0 Å². The maximum absolute atomic E-state index is 10.3. The molecule has 0 radical (unpaired) electrons. The van der Waals surface area contributed by atoms with Crippen molar-refractivity contribution in [3.63, 3.8) is 0 Å². The molecule has 1 aromatic rings. The summed E-state index contributed by atoms with van der Waals surface area (Å²) in [5.74, 6) is 0.511. The Morgan fingerprint density at radius 2 is 1.84 bits per heavy atom. The molecule has 0 aromatic heterocycles. The first-order valence-corrected chi connectivity index (χ1v) is 7.52. The molecule has 1 aliphatic heterocycles. The number of hydrogen-bond donors (Lipinski definition) is 2. The van der Waals surface area contributed by atoms with E-state index in [-0.39, 0.29) is 0 Å². The fraction of sp³-hybridized carbons (Fsp3) is 0.625. The fourth-order valence-electron chi connectivity index (χ4n) is 3.48. The van der Waals surface area contributed by atoms with Gasteiger partial charge < -0.3 is 10.4 Å². The molecule has 0 saturated carbocycles. The van der Waals surface area contributed by atoms with Crippen LogP contribution in [0, 0.1) is 6.92 Å². The third-order valence-electron chi connectivity index (χ3n) is 4.56. The van der Waals surface area contributed by atoms with Crippen molar-refractivity contribution in [3.05, 3.63) is 28.3 Å². The molecule has 1 fully saturated rings. The summed E-state index contributed by atoms with van der Waals surface area (Å²) in [6, 6.07) is 1.97. The normalized spacial score (nSPS) is 20.3. The second-order valence-corrected chi connectivity index (χ2v) is 5.88. The summed E-state index contributed by atoms with van der Waals surface area (Å²) in [5, 5.41) is 13.7. The highest BCUT2D eigenvalue weighted by molar-refractivity contribution is 5.49. The molecule has 0 atom stereocenters. The van der Waals surface area contributed by atoms with Gasteiger partial charge in [0.15, 0.2) is 0 Å². The van der Waals surface area contributed by atoms with Crippen LogP contribution in [0.5, 0.6) is 5.75 Å². The molecule has 0 bridgehead atoms. The largest absolute Gasteiger partial charge is 0.508 e. The average Bonchev–Trinajstić information content (AvgIpc) is 2.45. The lowest BCUT2D eigenvalue weighted by molar-refractivity contribution is 0.229. The number of nitrogens with one attached hydrogen (secondary N) is 1. The molecule has 19 heavy (non-hydrogen) atoms. The van der Waals surface area contributed by atoms with Gasteiger partial charge in [0, 0.05) is 38.3 Å². The van der Waals surface area contributed by atoms with Gasteiger partial charge in [-0.2, -0.15) is 0 Å². The predicted octanol–water partition coefficient (Wildman–Crippen LogP) is 1.98. The molecule has 0 spiro atoms. The number of nitrogens with zero attached hydrogens (tertiary/aromatic N) is 1. The number of aryl methyl sites for hydroxylation is 1. The smallest absolute Gasteiger partial charge is 0.120 e. The summed E-state index contributed by atoms with van der Waals surface area (Å²) < 4.78 is 0. The molecule has 1 heterocycles. The van der Waals surface area contributed by atoms with E-state index in [2.05, 4.69) is 17.1 Å². The van der Waals surface area contributed by atoms with E-state index in [0.29, 0.717) is 5.75 Å². The summed E-state index contributed by atoms with van der Waals surface area (Å²) >= 11 is 0. The van der Waals surface area contributed by atoms with Crippen molar-refractivity contribution in [3.8, 4) is 5.75 Å². The zero-order chi connectivity index (χ0) is 13.2. The zero-order valence-corrected chi connectivity index (χ0v) is 11.8. The molecular weight excluding hydrogens is 236 g/mol. The lowest BCUT2D eigenvalue weighted by Crippen LogP contribution is -2.43. The van der Waals surface area contributed by atoms with Crippen LogP contribution in [0.25, 0.3) is 0 Å². The molecule has 2 N–H and O–H groups in total. The lowest BCUT2D eigenvalue weighted by atomic mass is 9.84. The van der Waals surface area contributed by atoms with Crippen molar-refractivity contribution in [2.24, 2.45) is 0 Å². The Hall–Kier alpha value is -1.06. The molecule has 104 valence electrons. The standard InChI is InChI=1S/C16H24N2O/c1-12-10-16(19)15(11-18-8-6-17-7-9-18)14-5-3-2-4-13(12)14/h10,17,19H,2-9,11H2,1H3.